The SMILES string of the molecule is COc1ccc(OCCNC(=O)N2CCCCC2)cc1. The number of benzene rings is 1. The van der Waals surface area contributed by atoms with Gasteiger partial charge in [-0.05, 0) is 43.5 Å². The molecule has 110 valence electrons. The van der Waals surface area contributed by atoms with Crippen LogP contribution in [-0.4, -0.2) is 44.3 Å². The molecule has 0 aliphatic carbocycles. The van der Waals surface area contributed by atoms with Crippen LogP contribution in [0.25, 0.3) is 0 Å². The highest BCUT2D eigenvalue weighted by Gasteiger charge is 2.15. The summed E-state index contributed by atoms with van der Waals surface area (Å²) in [5.41, 5.74) is 0. The summed E-state index contributed by atoms with van der Waals surface area (Å²) in [5, 5.41) is 2.88. The first-order chi connectivity index (χ1) is 9.79. The lowest BCUT2D eigenvalue weighted by Crippen LogP contribution is -2.43. The van der Waals surface area contributed by atoms with E-state index in [0.717, 1.165) is 37.4 Å². The van der Waals surface area contributed by atoms with Crippen molar-refractivity contribution in [2.45, 2.75) is 19.3 Å². The third-order valence-electron chi connectivity index (χ3n) is 3.35. The van der Waals surface area contributed by atoms with Gasteiger partial charge < -0.3 is 19.7 Å². The lowest BCUT2D eigenvalue weighted by atomic mass is 10.1. The maximum absolute atomic E-state index is 11.8. The molecule has 0 spiro atoms. The fourth-order valence-electron chi connectivity index (χ4n) is 2.21. The van der Waals surface area contributed by atoms with Gasteiger partial charge in [0.2, 0.25) is 0 Å². The van der Waals surface area contributed by atoms with Crippen molar-refractivity contribution in [1.29, 1.82) is 0 Å². The van der Waals surface area contributed by atoms with E-state index in [4.69, 9.17) is 9.47 Å². The van der Waals surface area contributed by atoms with Crippen LogP contribution in [0.2, 0.25) is 0 Å². The number of hydrogen-bond donors (Lipinski definition) is 1. The van der Waals surface area contributed by atoms with E-state index in [-0.39, 0.29) is 6.03 Å². The maximum Gasteiger partial charge on any atom is 0.317 e. The summed E-state index contributed by atoms with van der Waals surface area (Å²) in [7, 11) is 1.63. The Balaban J connectivity index is 1.64. The van der Waals surface area contributed by atoms with Gasteiger partial charge >= 0.3 is 6.03 Å². The molecule has 1 aliphatic rings. The number of likely N-dealkylation sites (tertiary alicyclic amines) is 1. The third kappa shape index (κ3) is 4.33. The minimum Gasteiger partial charge on any atom is -0.497 e. The zero-order valence-corrected chi connectivity index (χ0v) is 11.9. The molecule has 1 saturated heterocycles. The van der Waals surface area contributed by atoms with Gasteiger partial charge in [0.1, 0.15) is 18.1 Å². The lowest BCUT2D eigenvalue weighted by molar-refractivity contribution is 0.184. The van der Waals surface area contributed by atoms with E-state index >= 15 is 0 Å². The molecule has 1 aliphatic heterocycles. The molecule has 2 amide bonds. The monoisotopic (exact) mass is 278 g/mol. The van der Waals surface area contributed by atoms with Gasteiger partial charge in [-0.2, -0.15) is 0 Å². The second kappa shape index (κ2) is 7.62. The summed E-state index contributed by atoms with van der Waals surface area (Å²) >= 11 is 0. The third-order valence-corrected chi connectivity index (χ3v) is 3.35. The number of urea groups is 1. The molecule has 5 heteroatoms. The van der Waals surface area contributed by atoms with Gasteiger partial charge in [-0.25, -0.2) is 4.79 Å². The highest BCUT2D eigenvalue weighted by Crippen LogP contribution is 2.16. The first-order valence-corrected chi connectivity index (χ1v) is 7.09. The number of rotatable bonds is 5. The maximum atomic E-state index is 11.8. The number of nitrogens with zero attached hydrogens (tertiary/aromatic N) is 1. The minimum atomic E-state index is 0.0167. The molecule has 1 fully saturated rings. The number of nitrogens with one attached hydrogen (secondary N) is 1. The van der Waals surface area contributed by atoms with Crippen molar-refractivity contribution in [2.24, 2.45) is 0 Å². The molecule has 0 unspecified atom stereocenters. The van der Waals surface area contributed by atoms with Crippen LogP contribution in [-0.2, 0) is 0 Å². The van der Waals surface area contributed by atoms with Crippen molar-refractivity contribution in [3.63, 3.8) is 0 Å². The predicted octanol–water partition coefficient (Wildman–Crippen LogP) is 2.27. The zero-order valence-electron chi connectivity index (χ0n) is 11.9. The van der Waals surface area contributed by atoms with Crippen molar-refractivity contribution in [1.82, 2.24) is 10.2 Å². The summed E-state index contributed by atoms with van der Waals surface area (Å²) in [6, 6.07) is 7.42. The van der Waals surface area contributed by atoms with Gasteiger partial charge in [-0.3, -0.25) is 0 Å². The summed E-state index contributed by atoms with van der Waals surface area (Å²) in [4.78, 5) is 13.7. The quantitative estimate of drug-likeness (QED) is 0.841. The Bertz CT molecular complexity index is 414. The number of hydrogen-bond acceptors (Lipinski definition) is 3. The fourth-order valence-corrected chi connectivity index (χ4v) is 2.21. The van der Waals surface area contributed by atoms with Crippen molar-refractivity contribution in [3.8, 4) is 11.5 Å². The molecular weight excluding hydrogens is 256 g/mol. The Labute approximate surface area is 119 Å². The van der Waals surface area contributed by atoms with Crippen LogP contribution >= 0.6 is 0 Å². The molecule has 5 nitrogen and oxygen atoms in total. The Morgan fingerprint density at radius 1 is 1.15 bits per heavy atom. The van der Waals surface area contributed by atoms with Crippen LogP contribution in [0.3, 0.4) is 0 Å². The van der Waals surface area contributed by atoms with Crippen LogP contribution in [0.1, 0.15) is 19.3 Å². The average molecular weight is 278 g/mol. The van der Waals surface area contributed by atoms with E-state index in [9.17, 15) is 4.79 Å². The summed E-state index contributed by atoms with van der Waals surface area (Å²) in [6.07, 6.45) is 3.44. The van der Waals surface area contributed by atoms with E-state index in [0.29, 0.717) is 13.2 Å². The predicted molar refractivity (Wildman–Crippen MR) is 77.3 cm³/mol. The minimum absolute atomic E-state index is 0.0167. The van der Waals surface area contributed by atoms with Crippen LogP contribution in [0, 0.1) is 0 Å². The Hall–Kier alpha value is -1.91. The van der Waals surface area contributed by atoms with E-state index < -0.39 is 0 Å². The summed E-state index contributed by atoms with van der Waals surface area (Å²) in [6.45, 7) is 2.71. The topological polar surface area (TPSA) is 50.8 Å². The Morgan fingerprint density at radius 3 is 2.45 bits per heavy atom. The highest BCUT2D eigenvalue weighted by molar-refractivity contribution is 5.74. The van der Waals surface area contributed by atoms with E-state index in [1.165, 1.54) is 6.42 Å². The zero-order chi connectivity index (χ0) is 14.2. The van der Waals surface area contributed by atoms with Crippen LogP contribution < -0.4 is 14.8 Å². The molecule has 1 heterocycles. The molecule has 1 aromatic rings. The van der Waals surface area contributed by atoms with Crippen LogP contribution in [0.15, 0.2) is 24.3 Å². The number of carbonyl (C=O) groups excluding carboxylic acids is 1. The standard InChI is InChI=1S/C15H22N2O3/c1-19-13-5-7-14(8-6-13)20-12-9-16-15(18)17-10-3-2-4-11-17/h5-8H,2-4,9-12H2,1H3,(H,16,18). The number of ether oxygens (including phenoxy) is 2. The molecule has 0 bridgehead atoms. The van der Waals surface area contributed by atoms with Gasteiger partial charge in [-0.15, -0.1) is 0 Å². The smallest absolute Gasteiger partial charge is 0.317 e. The molecule has 20 heavy (non-hydrogen) atoms. The molecule has 0 aromatic heterocycles. The van der Waals surface area contributed by atoms with Gasteiger partial charge in [0.05, 0.1) is 13.7 Å². The number of carbonyl (C=O) groups is 1. The Kier molecular flexibility index (Phi) is 5.53. The van der Waals surface area contributed by atoms with Gasteiger partial charge in [0.15, 0.2) is 0 Å². The highest BCUT2D eigenvalue weighted by atomic mass is 16.5. The molecule has 1 aromatic carbocycles. The Morgan fingerprint density at radius 2 is 1.80 bits per heavy atom. The van der Waals surface area contributed by atoms with Gasteiger partial charge in [-0.1, -0.05) is 0 Å². The normalized spacial score (nSPS) is 14.8. The summed E-state index contributed by atoms with van der Waals surface area (Å²) in [5.74, 6) is 1.58. The van der Waals surface area contributed by atoms with Crippen LogP contribution in [0.5, 0.6) is 11.5 Å². The van der Waals surface area contributed by atoms with Crippen molar-refractivity contribution < 1.29 is 14.3 Å². The molecular formula is C15H22N2O3. The average Bonchev–Trinajstić information content (AvgIpc) is 2.53. The molecule has 2 rings (SSSR count). The van der Waals surface area contributed by atoms with E-state index in [2.05, 4.69) is 5.32 Å². The molecule has 0 atom stereocenters. The second-order valence-corrected chi connectivity index (χ2v) is 4.80. The van der Waals surface area contributed by atoms with E-state index in [1.54, 1.807) is 7.11 Å². The summed E-state index contributed by atoms with van der Waals surface area (Å²) < 4.78 is 10.6. The van der Waals surface area contributed by atoms with Gasteiger partial charge in [0.25, 0.3) is 0 Å². The molecule has 1 N–H and O–H groups in total. The largest absolute Gasteiger partial charge is 0.497 e. The molecule has 0 saturated carbocycles. The first-order valence-electron chi connectivity index (χ1n) is 7.09. The second-order valence-electron chi connectivity index (χ2n) is 4.80. The molecule has 0 radical (unpaired) electrons. The van der Waals surface area contributed by atoms with Crippen LogP contribution in [0.4, 0.5) is 4.79 Å². The van der Waals surface area contributed by atoms with Crippen molar-refractivity contribution in [3.05, 3.63) is 24.3 Å². The van der Waals surface area contributed by atoms with Crippen molar-refractivity contribution in [2.75, 3.05) is 33.4 Å². The fraction of sp³-hybridized carbons (Fsp3) is 0.533. The van der Waals surface area contributed by atoms with Gasteiger partial charge in [0, 0.05) is 13.1 Å². The lowest BCUT2D eigenvalue weighted by Gasteiger charge is -2.26. The first kappa shape index (κ1) is 14.5. The number of methoxy groups -OCH3 is 1. The van der Waals surface area contributed by atoms with Crippen molar-refractivity contribution >= 4 is 6.03 Å². The van der Waals surface area contributed by atoms with E-state index in [1.807, 2.05) is 29.2 Å². The number of piperidine rings is 1. The number of amides is 2.